The summed E-state index contributed by atoms with van der Waals surface area (Å²) in [4.78, 5) is 13.6. The van der Waals surface area contributed by atoms with Crippen LogP contribution in [0.5, 0.6) is 0 Å². The van der Waals surface area contributed by atoms with Gasteiger partial charge >= 0.3 is 0 Å². The lowest BCUT2D eigenvalue weighted by atomic mass is 9.46. The van der Waals surface area contributed by atoms with E-state index in [2.05, 4.69) is 55.0 Å². The van der Waals surface area contributed by atoms with Gasteiger partial charge in [-0.3, -0.25) is 4.79 Å². The summed E-state index contributed by atoms with van der Waals surface area (Å²) in [5.41, 5.74) is 2.56. The van der Waals surface area contributed by atoms with Crippen molar-refractivity contribution in [3.63, 3.8) is 0 Å². The van der Waals surface area contributed by atoms with E-state index in [1.807, 2.05) is 24.3 Å². The molecule has 0 spiro atoms. The Labute approximate surface area is 185 Å². The Kier molecular flexibility index (Phi) is 5.74. The van der Waals surface area contributed by atoms with Crippen molar-refractivity contribution < 1.29 is 4.79 Å². The third-order valence-corrected chi connectivity index (χ3v) is 9.20. The van der Waals surface area contributed by atoms with Crippen molar-refractivity contribution in [2.45, 2.75) is 72.6 Å². The van der Waals surface area contributed by atoms with Gasteiger partial charge in [0.15, 0.2) is 0 Å². The van der Waals surface area contributed by atoms with Crippen molar-refractivity contribution in [1.82, 2.24) is 0 Å². The van der Waals surface area contributed by atoms with Gasteiger partial charge in [-0.1, -0.05) is 67.8 Å². The zero-order valence-corrected chi connectivity index (χ0v) is 20.0. The molecule has 1 amide bonds. The summed E-state index contributed by atoms with van der Waals surface area (Å²) in [7, 11) is 0. The predicted molar refractivity (Wildman–Crippen MR) is 125 cm³/mol. The molecule has 0 heterocycles. The van der Waals surface area contributed by atoms with E-state index in [1.165, 1.54) is 25.7 Å². The highest BCUT2D eigenvalue weighted by molar-refractivity contribution is 9.10. The highest BCUT2D eigenvalue weighted by atomic mass is 79.9. The number of hydrogen-bond donors (Lipinski definition) is 1. The largest absolute Gasteiger partial charge is 0.326 e. The number of nitrogens with one attached hydrogen (secondary N) is 1. The topological polar surface area (TPSA) is 29.1 Å². The summed E-state index contributed by atoms with van der Waals surface area (Å²) in [6.45, 7) is 9.50. The van der Waals surface area contributed by atoms with E-state index in [4.69, 9.17) is 0 Å². The minimum absolute atomic E-state index is 0.208. The van der Waals surface area contributed by atoms with Crippen molar-refractivity contribution in [1.29, 1.82) is 0 Å². The van der Waals surface area contributed by atoms with Crippen LogP contribution in [-0.4, -0.2) is 5.91 Å². The fraction of sp³-hybridized carbons (Fsp3) is 0.654. The number of halogens is 1. The second-order valence-electron chi connectivity index (χ2n) is 10.6. The van der Waals surface area contributed by atoms with Crippen molar-refractivity contribution in [3.05, 3.63) is 40.4 Å². The van der Waals surface area contributed by atoms with E-state index >= 15 is 0 Å². The molecular formula is C26H36BrNO. The van der Waals surface area contributed by atoms with E-state index in [0.29, 0.717) is 11.8 Å². The van der Waals surface area contributed by atoms with Crippen LogP contribution in [-0.2, 0) is 4.79 Å². The maximum Gasteiger partial charge on any atom is 0.230 e. The molecule has 5 atom stereocenters. The molecule has 4 rings (SSSR count). The molecule has 29 heavy (non-hydrogen) atoms. The van der Waals surface area contributed by atoms with E-state index in [9.17, 15) is 4.79 Å². The van der Waals surface area contributed by atoms with Gasteiger partial charge in [0, 0.05) is 10.2 Å². The number of rotatable bonds is 3. The standard InChI is InChI=1S/C26H36BrNO/c1-17(2)18-9-11-22-19(15-18)10-12-23-25(22,3)13-6-14-26(23,4)24(29)28-21-8-5-7-20(27)16-21/h5,7-8,10,16-18,22-23H,6,9,11-15H2,1-4H3,(H,28,29)/t18?,22-,23+,25+,26+/m0/s1. The quantitative estimate of drug-likeness (QED) is 0.464. The molecule has 1 aromatic carbocycles. The van der Waals surface area contributed by atoms with Gasteiger partial charge in [0.2, 0.25) is 5.91 Å². The second kappa shape index (κ2) is 7.87. The Morgan fingerprint density at radius 2 is 2.00 bits per heavy atom. The predicted octanol–water partition coefficient (Wildman–Crippen LogP) is 7.60. The Balaban J connectivity index is 1.60. The first-order valence-corrected chi connectivity index (χ1v) is 12.3. The third-order valence-electron chi connectivity index (χ3n) is 8.70. The van der Waals surface area contributed by atoms with Crippen LogP contribution in [0.25, 0.3) is 0 Å². The molecule has 0 radical (unpaired) electrons. The first kappa shape index (κ1) is 21.2. The van der Waals surface area contributed by atoms with E-state index < -0.39 is 0 Å². The Morgan fingerprint density at radius 1 is 1.21 bits per heavy atom. The van der Waals surface area contributed by atoms with Crippen LogP contribution in [0.3, 0.4) is 0 Å². The van der Waals surface area contributed by atoms with E-state index in [-0.39, 0.29) is 16.7 Å². The second-order valence-corrected chi connectivity index (χ2v) is 11.6. The van der Waals surface area contributed by atoms with Gasteiger partial charge in [-0.05, 0) is 85.8 Å². The lowest BCUT2D eigenvalue weighted by Crippen LogP contribution is -2.54. The van der Waals surface area contributed by atoms with Crippen LogP contribution in [0.1, 0.15) is 72.6 Å². The van der Waals surface area contributed by atoms with Crippen molar-refractivity contribution in [2.24, 2.45) is 34.5 Å². The number of allylic oxidation sites excluding steroid dienone is 2. The third kappa shape index (κ3) is 3.73. The SMILES string of the molecule is CC(C)C1CC[C@H]2C(=CC[C@@H]3[C@]2(C)CCC[C@@]3(C)C(=O)Nc2cccc(Br)c2)C1. The average molecular weight is 458 g/mol. The monoisotopic (exact) mass is 457 g/mol. The highest BCUT2D eigenvalue weighted by Gasteiger charge is 2.57. The maximum atomic E-state index is 13.6. The van der Waals surface area contributed by atoms with Gasteiger partial charge in [-0.2, -0.15) is 0 Å². The van der Waals surface area contributed by atoms with E-state index in [0.717, 1.165) is 41.3 Å². The van der Waals surface area contributed by atoms with Crippen molar-refractivity contribution in [3.8, 4) is 0 Å². The van der Waals surface area contributed by atoms with Crippen LogP contribution in [0, 0.1) is 34.5 Å². The number of benzene rings is 1. The number of anilines is 1. The molecule has 1 N–H and O–H groups in total. The summed E-state index contributed by atoms with van der Waals surface area (Å²) >= 11 is 3.52. The average Bonchev–Trinajstić information content (AvgIpc) is 2.67. The molecule has 3 aliphatic rings. The molecule has 0 bridgehead atoms. The maximum absolute atomic E-state index is 13.6. The Morgan fingerprint density at radius 3 is 2.72 bits per heavy atom. The molecule has 2 fully saturated rings. The zero-order valence-electron chi connectivity index (χ0n) is 18.4. The number of amides is 1. The van der Waals surface area contributed by atoms with Gasteiger partial charge < -0.3 is 5.32 Å². The summed E-state index contributed by atoms with van der Waals surface area (Å²) in [5, 5.41) is 3.25. The first-order chi connectivity index (χ1) is 13.7. The number of hydrogen-bond acceptors (Lipinski definition) is 1. The van der Waals surface area contributed by atoms with Crippen LogP contribution in [0.15, 0.2) is 40.4 Å². The summed E-state index contributed by atoms with van der Waals surface area (Å²) in [6, 6.07) is 7.96. The normalized spacial score (nSPS) is 36.8. The Hall–Kier alpha value is -1.09. The molecule has 2 nitrogen and oxygen atoms in total. The zero-order chi connectivity index (χ0) is 20.8. The minimum Gasteiger partial charge on any atom is -0.326 e. The summed E-state index contributed by atoms with van der Waals surface area (Å²) < 4.78 is 1.00. The van der Waals surface area contributed by atoms with Crippen molar-refractivity contribution >= 4 is 27.5 Å². The van der Waals surface area contributed by atoms with Crippen molar-refractivity contribution in [2.75, 3.05) is 5.32 Å². The van der Waals surface area contributed by atoms with Gasteiger partial charge in [-0.25, -0.2) is 0 Å². The first-order valence-electron chi connectivity index (χ1n) is 11.5. The van der Waals surface area contributed by atoms with Gasteiger partial charge in [0.05, 0.1) is 5.41 Å². The Bertz CT molecular complexity index is 815. The van der Waals surface area contributed by atoms with Gasteiger partial charge in [0.1, 0.15) is 0 Å². The van der Waals surface area contributed by atoms with Crippen LogP contribution in [0.2, 0.25) is 0 Å². The minimum atomic E-state index is -0.299. The molecule has 1 unspecified atom stereocenters. The molecule has 158 valence electrons. The number of carbonyl (C=O) groups excluding carboxylic acids is 1. The molecule has 0 aliphatic heterocycles. The number of fused-ring (bicyclic) bond motifs is 3. The lowest BCUT2D eigenvalue weighted by Gasteiger charge is -2.58. The fourth-order valence-corrected chi connectivity index (χ4v) is 7.30. The van der Waals surface area contributed by atoms with Crippen LogP contribution < -0.4 is 5.32 Å². The van der Waals surface area contributed by atoms with Crippen LogP contribution >= 0.6 is 15.9 Å². The van der Waals surface area contributed by atoms with E-state index in [1.54, 1.807) is 5.57 Å². The molecule has 2 saturated carbocycles. The lowest BCUT2D eigenvalue weighted by molar-refractivity contribution is -0.139. The molecule has 1 aromatic rings. The summed E-state index contributed by atoms with van der Waals surface area (Å²) in [6.07, 6.45) is 11.0. The fourth-order valence-electron chi connectivity index (χ4n) is 6.90. The summed E-state index contributed by atoms with van der Waals surface area (Å²) in [5.74, 6) is 2.93. The molecule has 0 saturated heterocycles. The van der Waals surface area contributed by atoms with Gasteiger partial charge in [-0.15, -0.1) is 0 Å². The molecule has 3 aliphatic carbocycles. The van der Waals surface area contributed by atoms with Gasteiger partial charge in [0.25, 0.3) is 0 Å². The smallest absolute Gasteiger partial charge is 0.230 e. The number of carbonyl (C=O) groups is 1. The highest BCUT2D eigenvalue weighted by Crippen LogP contribution is 2.63. The van der Waals surface area contributed by atoms with Crippen LogP contribution in [0.4, 0.5) is 5.69 Å². The molecule has 3 heteroatoms. The molecular weight excluding hydrogens is 422 g/mol. The molecule has 0 aromatic heterocycles.